The fraction of sp³-hybridized carbons (Fsp3) is 1.00. The van der Waals surface area contributed by atoms with Crippen molar-refractivity contribution in [2.75, 3.05) is 19.3 Å². The van der Waals surface area contributed by atoms with E-state index < -0.39 is 15.6 Å². The molecule has 18 heavy (non-hydrogen) atoms. The van der Waals surface area contributed by atoms with Crippen LogP contribution in [0.1, 0.15) is 53.9 Å². The lowest BCUT2D eigenvalue weighted by Crippen LogP contribution is -2.54. The second-order valence-corrected chi connectivity index (χ2v) is 8.35. The Labute approximate surface area is 113 Å². The summed E-state index contributed by atoms with van der Waals surface area (Å²) in [6.07, 6.45) is 2.14. The summed E-state index contributed by atoms with van der Waals surface area (Å²) in [5.41, 5.74) is 5.39. The highest BCUT2D eigenvalue weighted by atomic mass is 32.2. The van der Waals surface area contributed by atoms with Gasteiger partial charge in [0.25, 0.3) is 0 Å². The number of rotatable bonds is 7. The van der Waals surface area contributed by atoms with Crippen molar-refractivity contribution in [3.05, 3.63) is 0 Å². The molecule has 0 radical (unpaired) electrons. The van der Waals surface area contributed by atoms with E-state index in [0.29, 0.717) is 13.0 Å². The number of hydrogen-bond acceptors (Lipinski definition) is 3. The molecular formula is C13H30N2O2S. The minimum atomic E-state index is -3.23. The smallest absolute Gasteiger partial charge is 0.214 e. The number of nitrogens with zero attached hydrogens (tertiary/aromatic N) is 1. The first-order chi connectivity index (χ1) is 8.04. The van der Waals surface area contributed by atoms with E-state index in [2.05, 4.69) is 20.8 Å². The quantitative estimate of drug-likeness (QED) is 0.776. The molecule has 0 heterocycles. The minimum Gasteiger partial charge on any atom is -0.329 e. The van der Waals surface area contributed by atoms with Gasteiger partial charge < -0.3 is 5.73 Å². The summed E-state index contributed by atoms with van der Waals surface area (Å²) in [4.78, 5) is 0. The maximum Gasteiger partial charge on any atom is 0.214 e. The van der Waals surface area contributed by atoms with Crippen molar-refractivity contribution in [1.29, 1.82) is 0 Å². The fourth-order valence-corrected chi connectivity index (χ4v) is 4.05. The molecule has 0 fully saturated rings. The average Bonchev–Trinajstić information content (AvgIpc) is 2.29. The zero-order valence-electron chi connectivity index (χ0n) is 12.8. The van der Waals surface area contributed by atoms with Gasteiger partial charge in [0.05, 0.1) is 5.75 Å². The van der Waals surface area contributed by atoms with Crippen LogP contribution in [0.3, 0.4) is 0 Å². The summed E-state index contributed by atoms with van der Waals surface area (Å²) >= 11 is 0. The van der Waals surface area contributed by atoms with E-state index in [-0.39, 0.29) is 11.2 Å². The van der Waals surface area contributed by atoms with E-state index in [9.17, 15) is 8.42 Å². The SMILES string of the molecule is CCC(CC)(CN)N(C)S(=O)(=O)CCC(C)(C)C. The molecule has 2 N–H and O–H groups in total. The van der Waals surface area contributed by atoms with E-state index in [1.807, 2.05) is 13.8 Å². The third kappa shape index (κ3) is 4.52. The van der Waals surface area contributed by atoms with E-state index in [0.717, 1.165) is 12.8 Å². The first-order valence-electron chi connectivity index (χ1n) is 6.71. The highest BCUT2D eigenvalue weighted by Crippen LogP contribution is 2.27. The molecule has 4 nitrogen and oxygen atoms in total. The summed E-state index contributed by atoms with van der Waals surface area (Å²) in [6.45, 7) is 10.5. The van der Waals surface area contributed by atoms with Crippen LogP contribution in [0.25, 0.3) is 0 Å². The first kappa shape index (κ1) is 17.9. The van der Waals surface area contributed by atoms with Crippen LogP contribution in [-0.4, -0.2) is 37.6 Å². The Morgan fingerprint density at radius 3 is 1.83 bits per heavy atom. The lowest BCUT2D eigenvalue weighted by Gasteiger charge is -2.39. The van der Waals surface area contributed by atoms with Crippen molar-refractivity contribution in [1.82, 2.24) is 4.31 Å². The Morgan fingerprint density at radius 1 is 1.11 bits per heavy atom. The molecule has 0 aromatic heterocycles. The molecule has 0 aliphatic rings. The molecule has 0 bridgehead atoms. The van der Waals surface area contributed by atoms with E-state index in [4.69, 9.17) is 5.73 Å². The van der Waals surface area contributed by atoms with Crippen molar-refractivity contribution >= 4 is 10.0 Å². The minimum absolute atomic E-state index is 0.0255. The van der Waals surface area contributed by atoms with Crippen LogP contribution in [0.4, 0.5) is 0 Å². The van der Waals surface area contributed by atoms with Gasteiger partial charge in [-0.3, -0.25) is 0 Å². The van der Waals surface area contributed by atoms with Gasteiger partial charge in [-0.15, -0.1) is 0 Å². The molecule has 0 atom stereocenters. The maximum absolute atomic E-state index is 12.4. The number of sulfonamides is 1. The first-order valence-corrected chi connectivity index (χ1v) is 8.32. The van der Waals surface area contributed by atoms with Crippen LogP contribution in [0.5, 0.6) is 0 Å². The number of hydrogen-bond donors (Lipinski definition) is 1. The third-order valence-electron chi connectivity index (χ3n) is 3.89. The van der Waals surface area contributed by atoms with Gasteiger partial charge in [-0.05, 0) is 24.7 Å². The van der Waals surface area contributed by atoms with Crippen molar-refractivity contribution in [2.45, 2.75) is 59.4 Å². The van der Waals surface area contributed by atoms with Crippen LogP contribution >= 0.6 is 0 Å². The fourth-order valence-electron chi connectivity index (χ4n) is 1.98. The van der Waals surface area contributed by atoms with Crippen molar-refractivity contribution in [2.24, 2.45) is 11.1 Å². The van der Waals surface area contributed by atoms with Crippen LogP contribution in [0, 0.1) is 5.41 Å². The highest BCUT2D eigenvalue weighted by molar-refractivity contribution is 7.89. The largest absolute Gasteiger partial charge is 0.329 e. The van der Waals surface area contributed by atoms with E-state index in [1.54, 1.807) is 7.05 Å². The van der Waals surface area contributed by atoms with E-state index in [1.165, 1.54) is 4.31 Å². The Bertz CT molecular complexity index is 332. The van der Waals surface area contributed by atoms with Gasteiger partial charge in [-0.25, -0.2) is 8.42 Å². The molecule has 0 aromatic carbocycles. The molecule has 0 amide bonds. The maximum atomic E-state index is 12.4. The van der Waals surface area contributed by atoms with Gasteiger partial charge in [-0.1, -0.05) is 34.6 Å². The van der Waals surface area contributed by atoms with Crippen LogP contribution in [-0.2, 0) is 10.0 Å². The van der Waals surface area contributed by atoms with Gasteiger partial charge in [-0.2, -0.15) is 4.31 Å². The molecule has 110 valence electrons. The molecule has 0 aliphatic carbocycles. The molecule has 0 aliphatic heterocycles. The predicted molar refractivity (Wildman–Crippen MR) is 78.0 cm³/mol. The molecule has 0 saturated carbocycles. The molecule has 0 saturated heterocycles. The second kappa shape index (κ2) is 6.35. The molecule has 0 aromatic rings. The summed E-state index contributed by atoms with van der Waals surface area (Å²) in [7, 11) is -1.57. The highest BCUT2D eigenvalue weighted by Gasteiger charge is 2.37. The summed E-state index contributed by atoms with van der Waals surface area (Å²) in [6, 6.07) is 0. The predicted octanol–water partition coefficient (Wildman–Crippen LogP) is 2.20. The van der Waals surface area contributed by atoms with Gasteiger partial charge in [0.15, 0.2) is 0 Å². The molecule has 0 rings (SSSR count). The number of nitrogens with two attached hydrogens (primary N) is 1. The van der Waals surface area contributed by atoms with Crippen LogP contribution in [0.2, 0.25) is 0 Å². The van der Waals surface area contributed by atoms with Crippen LogP contribution < -0.4 is 5.73 Å². The molecule has 0 unspecified atom stereocenters. The van der Waals surface area contributed by atoms with Gasteiger partial charge >= 0.3 is 0 Å². The Morgan fingerprint density at radius 2 is 1.56 bits per heavy atom. The topological polar surface area (TPSA) is 63.4 Å². The Hall–Kier alpha value is -0.130. The van der Waals surface area contributed by atoms with Crippen molar-refractivity contribution in [3.63, 3.8) is 0 Å². The summed E-state index contributed by atoms with van der Waals surface area (Å²) < 4.78 is 26.2. The molecule has 0 spiro atoms. The second-order valence-electron chi connectivity index (χ2n) is 6.23. The zero-order chi connectivity index (χ0) is 14.6. The standard InChI is InChI=1S/C13H30N2O2S/c1-7-13(8-2,11-14)15(6)18(16,17)10-9-12(3,4)5/h7-11,14H2,1-6H3. The monoisotopic (exact) mass is 278 g/mol. The molecular weight excluding hydrogens is 248 g/mol. The Balaban J connectivity index is 5.00. The van der Waals surface area contributed by atoms with Crippen LogP contribution in [0.15, 0.2) is 0 Å². The zero-order valence-corrected chi connectivity index (χ0v) is 13.6. The third-order valence-corrected chi connectivity index (χ3v) is 5.83. The van der Waals surface area contributed by atoms with Gasteiger partial charge in [0.1, 0.15) is 0 Å². The van der Waals surface area contributed by atoms with E-state index >= 15 is 0 Å². The van der Waals surface area contributed by atoms with Crippen molar-refractivity contribution in [3.8, 4) is 0 Å². The lowest BCUT2D eigenvalue weighted by atomic mass is 9.93. The summed E-state index contributed by atoms with van der Waals surface area (Å²) in [5, 5.41) is 0. The normalized spacial score (nSPS) is 14.2. The van der Waals surface area contributed by atoms with Crippen molar-refractivity contribution < 1.29 is 8.42 Å². The summed E-state index contributed by atoms with van der Waals surface area (Å²) in [5.74, 6) is 0.189. The molecule has 5 heteroatoms. The van der Waals surface area contributed by atoms with Gasteiger partial charge in [0, 0.05) is 19.1 Å². The Kier molecular flexibility index (Phi) is 6.30. The average molecular weight is 278 g/mol. The van der Waals surface area contributed by atoms with Gasteiger partial charge in [0.2, 0.25) is 10.0 Å². The number of likely N-dealkylation sites (N-methyl/N-ethyl adjacent to an activating group) is 1. The lowest BCUT2D eigenvalue weighted by molar-refractivity contribution is 0.207.